The average Bonchev–Trinajstić information content (AvgIpc) is 3.03. The number of rotatable bonds is 4. The third-order valence-electron chi connectivity index (χ3n) is 3.72. The van der Waals surface area contributed by atoms with Crippen molar-refractivity contribution in [3.8, 4) is 5.75 Å². The molecule has 0 unspecified atom stereocenters. The Morgan fingerprint density at radius 2 is 2.09 bits per heavy atom. The first-order valence-electron chi connectivity index (χ1n) is 7.90. The van der Waals surface area contributed by atoms with E-state index in [-0.39, 0.29) is 5.91 Å². The molecule has 0 radical (unpaired) electrons. The summed E-state index contributed by atoms with van der Waals surface area (Å²) in [7, 11) is 0. The van der Waals surface area contributed by atoms with Crippen molar-refractivity contribution in [1.82, 2.24) is 4.90 Å². The van der Waals surface area contributed by atoms with E-state index < -0.39 is 0 Å². The van der Waals surface area contributed by atoms with Crippen molar-refractivity contribution in [2.75, 3.05) is 25.4 Å². The summed E-state index contributed by atoms with van der Waals surface area (Å²) < 4.78 is 5.73. The number of carbonyl (C=O) groups is 1. The molecule has 0 saturated heterocycles. The summed E-state index contributed by atoms with van der Waals surface area (Å²) in [5, 5.41) is 2.78. The third kappa shape index (κ3) is 3.06. The molecule has 0 N–H and O–H groups in total. The number of hydrogen-bond acceptors (Lipinski definition) is 4. The zero-order valence-electron chi connectivity index (χ0n) is 13.4. The minimum absolute atomic E-state index is 0.0255. The lowest BCUT2D eigenvalue weighted by molar-refractivity contribution is 0.0858. The molecule has 0 aliphatic carbocycles. The topological polar surface area (TPSA) is 41.9 Å². The Labute approximate surface area is 140 Å². The van der Waals surface area contributed by atoms with Crippen molar-refractivity contribution in [2.45, 2.75) is 13.8 Å². The van der Waals surface area contributed by atoms with E-state index in [1.54, 1.807) is 16.7 Å². The van der Waals surface area contributed by atoms with Crippen LogP contribution in [-0.4, -0.2) is 41.4 Å². The quantitative estimate of drug-likeness (QED) is 0.857. The van der Waals surface area contributed by atoms with Crippen LogP contribution in [0.4, 0.5) is 0 Å². The molecule has 23 heavy (non-hydrogen) atoms. The molecule has 1 aliphatic rings. The monoisotopic (exact) mass is 328 g/mol. The maximum Gasteiger partial charge on any atom is 0.264 e. The van der Waals surface area contributed by atoms with Crippen molar-refractivity contribution < 1.29 is 9.53 Å². The number of benzene rings is 2. The first-order valence-corrected chi connectivity index (χ1v) is 8.88. The average molecular weight is 328 g/mol. The van der Waals surface area contributed by atoms with Crippen molar-refractivity contribution in [2.24, 2.45) is 4.99 Å². The standard InChI is InChI=1S/C18H20N2O2S/c1-3-22-15-10-9-13-7-5-6-8-14(13)16(15)17(21)20-12-11-19-18(20)23-4-2/h5-10H,3-4,11-12H2,1-2H3. The van der Waals surface area contributed by atoms with E-state index in [0.717, 1.165) is 21.7 Å². The van der Waals surface area contributed by atoms with Gasteiger partial charge in [-0.05, 0) is 29.5 Å². The zero-order valence-corrected chi connectivity index (χ0v) is 14.2. The summed E-state index contributed by atoms with van der Waals surface area (Å²) in [6.45, 7) is 5.83. The highest BCUT2D eigenvalue weighted by atomic mass is 32.2. The Balaban J connectivity index is 2.08. The highest BCUT2D eigenvalue weighted by Gasteiger charge is 2.28. The molecule has 3 rings (SSSR count). The number of amidine groups is 1. The van der Waals surface area contributed by atoms with Gasteiger partial charge in [-0.3, -0.25) is 14.7 Å². The van der Waals surface area contributed by atoms with Crippen LogP contribution in [0.5, 0.6) is 5.75 Å². The molecule has 2 aromatic carbocycles. The molecule has 1 amide bonds. The van der Waals surface area contributed by atoms with Gasteiger partial charge in [0.15, 0.2) is 5.17 Å². The van der Waals surface area contributed by atoms with E-state index in [0.29, 0.717) is 31.0 Å². The van der Waals surface area contributed by atoms with Gasteiger partial charge in [0.25, 0.3) is 5.91 Å². The summed E-state index contributed by atoms with van der Waals surface area (Å²) in [5.41, 5.74) is 0.635. The van der Waals surface area contributed by atoms with Gasteiger partial charge in [0.05, 0.1) is 18.7 Å². The highest BCUT2D eigenvalue weighted by molar-refractivity contribution is 8.13. The number of fused-ring (bicyclic) bond motifs is 1. The van der Waals surface area contributed by atoms with Gasteiger partial charge < -0.3 is 4.74 Å². The van der Waals surface area contributed by atoms with Crippen molar-refractivity contribution in [1.29, 1.82) is 0 Å². The molecule has 120 valence electrons. The fourth-order valence-corrected chi connectivity index (χ4v) is 3.52. The second-order valence-electron chi connectivity index (χ2n) is 5.15. The first kappa shape index (κ1) is 15.9. The molecule has 0 aromatic heterocycles. The predicted molar refractivity (Wildman–Crippen MR) is 96.6 cm³/mol. The molecule has 4 nitrogen and oxygen atoms in total. The van der Waals surface area contributed by atoms with Crippen LogP contribution < -0.4 is 4.74 Å². The van der Waals surface area contributed by atoms with Crippen LogP contribution in [0.15, 0.2) is 41.4 Å². The Morgan fingerprint density at radius 1 is 1.26 bits per heavy atom. The summed E-state index contributed by atoms with van der Waals surface area (Å²) >= 11 is 1.61. The molecular weight excluding hydrogens is 308 g/mol. The second kappa shape index (κ2) is 7.04. The van der Waals surface area contributed by atoms with Gasteiger partial charge in [-0.15, -0.1) is 0 Å². The van der Waals surface area contributed by atoms with Gasteiger partial charge in [0.1, 0.15) is 5.75 Å². The van der Waals surface area contributed by atoms with Gasteiger partial charge in [-0.25, -0.2) is 0 Å². The van der Waals surface area contributed by atoms with E-state index in [1.807, 2.05) is 43.3 Å². The Bertz CT molecular complexity index is 758. The Hall–Kier alpha value is -2.01. The maximum atomic E-state index is 13.2. The van der Waals surface area contributed by atoms with Gasteiger partial charge in [0, 0.05) is 6.54 Å². The summed E-state index contributed by atoms with van der Waals surface area (Å²) in [6, 6.07) is 11.8. The smallest absolute Gasteiger partial charge is 0.264 e. The molecular formula is C18H20N2O2S. The van der Waals surface area contributed by atoms with Crippen molar-refractivity contribution in [3.63, 3.8) is 0 Å². The van der Waals surface area contributed by atoms with E-state index in [1.165, 1.54) is 0 Å². The number of hydrogen-bond donors (Lipinski definition) is 0. The van der Waals surface area contributed by atoms with Gasteiger partial charge >= 0.3 is 0 Å². The van der Waals surface area contributed by atoms with Crippen LogP contribution >= 0.6 is 11.8 Å². The maximum absolute atomic E-state index is 13.2. The van der Waals surface area contributed by atoms with E-state index in [2.05, 4.69) is 11.9 Å². The molecule has 5 heteroatoms. The number of nitrogens with zero attached hydrogens (tertiary/aromatic N) is 2. The largest absolute Gasteiger partial charge is 0.493 e. The minimum Gasteiger partial charge on any atom is -0.493 e. The number of aliphatic imine (C=N–C) groups is 1. The van der Waals surface area contributed by atoms with Gasteiger partial charge in [-0.2, -0.15) is 0 Å². The normalized spacial score (nSPS) is 14.2. The number of amides is 1. The number of ether oxygens (including phenoxy) is 1. The van der Waals surface area contributed by atoms with Gasteiger partial charge in [-0.1, -0.05) is 49.0 Å². The molecule has 0 spiro atoms. The van der Waals surface area contributed by atoms with E-state index in [4.69, 9.17) is 4.74 Å². The van der Waals surface area contributed by atoms with Crippen LogP contribution in [0.1, 0.15) is 24.2 Å². The molecule has 1 aliphatic heterocycles. The number of thioether (sulfide) groups is 1. The van der Waals surface area contributed by atoms with Crippen molar-refractivity contribution in [3.05, 3.63) is 42.0 Å². The Kier molecular flexibility index (Phi) is 4.86. The molecule has 0 fully saturated rings. The zero-order chi connectivity index (χ0) is 16.2. The lowest BCUT2D eigenvalue weighted by Crippen LogP contribution is -2.33. The fraction of sp³-hybridized carbons (Fsp3) is 0.333. The van der Waals surface area contributed by atoms with Crippen LogP contribution in [0, 0.1) is 0 Å². The molecule has 0 atom stereocenters. The summed E-state index contributed by atoms with van der Waals surface area (Å²) in [4.78, 5) is 19.4. The molecule has 0 bridgehead atoms. The third-order valence-corrected chi connectivity index (χ3v) is 4.62. The lowest BCUT2D eigenvalue weighted by atomic mass is 10.0. The minimum atomic E-state index is -0.0255. The first-order chi connectivity index (χ1) is 11.3. The lowest BCUT2D eigenvalue weighted by Gasteiger charge is -2.20. The van der Waals surface area contributed by atoms with E-state index >= 15 is 0 Å². The van der Waals surface area contributed by atoms with Crippen LogP contribution in [0.3, 0.4) is 0 Å². The summed E-state index contributed by atoms with van der Waals surface area (Å²) in [5.74, 6) is 1.52. The van der Waals surface area contributed by atoms with Crippen LogP contribution in [0.25, 0.3) is 10.8 Å². The molecule has 1 heterocycles. The fourth-order valence-electron chi connectivity index (χ4n) is 2.75. The molecule has 2 aromatic rings. The predicted octanol–water partition coefficient (Wildman–Crippen LogP) is 3.80. The Morgan fingerprint density at radius 3 is 2.87 bits per heavy atom. The van der Waals surface area contributed by atoms with Crippen LogP contribution in [0.2, 0.25) is 0 Å². The van der Waals surface area contributed by atoms with Crippen LogP contribution in [-0.2, 0) is 0 Å². The summed E-state index contributed by atoms with van der Waals surface area (Å²) in [6.07, 6.45) is 0. The second-order valence-corrected chi connectivity index (χ2v) is 6.38. The van der Waals surface area contributed by atoms with Gasteiger partial charge in [0.2, 0.25) is 0 Å². The highest BCUT2D eigenvalue weighted by Crippen LogP contribution is 2.31. The van der Waals surface area contributed by atoms with E-state index in [9.17, 15) is 4.79 Å². The van der Waals surface area contributed by atoms with Crippen molar-refractivity contribution >= 4 is 33.6 Å². The SMILES string of the molecule is CCOc1ccc2ccccc2c1C(=O)N1CCN=C1SCC. The molecule has 0 saturated carbocycles. The number of carbonyl (C=O) groups excluding carboxylic acids is 1.